The Morgan fingerprint density at radius 1 is 1.17 bits per heavy atom. The van der Waals surface area contributed by atoms with E-state index in [2.05, 4.69) is 5.32 Å². The molecule has 0 fully saturated rings. The van der Waals surface area contributed by atoms with Crippen molar-refractivity contribution < 1.29 is 9.53 Å². The molecule has 1 amide bonds. The van der Waals surface area contributed by atoms with Crippen molar-refractivity contribution in [3.63, 3.8) is 0 Å². The average molecular weight is 350 g/mol. The second-order valence-corrected chi connectivity index (χ2v) is 5.65. The summed E-state index contributed by atoms with van der Waals surface area (Å²) in [6.07, 6.45) is 3.85. The van der Waals surface area contributed by atoms with Gasteiger partial charge in [0.05, 0.1) is 17.2 Å². The Hall–Kier alpha value is -1.97. The molecule has 5 heteroatoms. The highest BCUT2D eigenvalue weighted by atomic mass is 35.5. The predicted octanol–water partition coefficient (Wildman–Crippen LogP) is 4.37. The van der Waals surface area contributed by atoms with Gasteiger partial charge in [0.15, 0.2) is 0 Å². The van der Waals surface area contributed by atoms with E-state index in [0.29, 0.717) is 22.2 Å². The summed E-state index contributed by atoms with van der Waals surface area (Å²) in [6, 6.07) is 13.1. The Morgan fingerprint density at radius 2 is 1.91 bits per heavy atom. The van der Waals surface area contributed by atoms with E-state index in [1.807, 2.05) is 24.3 Å². The molecule has 120 valence electrons. The third-order valence-corrected chi connectivity index (χ3v) is 4.10. The fraction of sp³-hybridized carbons (Fsp3) is 0.167. The van der Waals surface area contributed by atoms with Gasteiger partial charge in [0.1, 0.15) is 5.75 Å². The minimum absolute atomic E-state index is 0.172. The van der Waals surface area contributed by atoms with Crippen LogP contribution in [0.4, 0.5) is 0 Å². The summed E-state index contributed by atoms with van der Waals surface area (Å²) in [6.45, 7) is 0.554. The number of halogens is 2. The molecule has 0 atom stereocenters. The highest BCUT2D eigenvalue weighted by molar-refractivity contribution is 6.42. The van der Waals surface area contributed by atoms with E-state index in [9.17, 15) is 4.79 Å². The van der Waals surface area contributed by atoms with Crippen LogP contribution in [0.25, 0.3) is 6.08 Å². The second kappa shape index (κ2) is 8.61. The fourth-order valence-corrected chi connectivity index (χ4v) is 2.37. The van der Waals surface area contributed by atoms with Crippen LogP contribution >= 0.6 is 23.2 Å². The third-order valence-electron chi connectivity index (χ3n) is 3.27. The number of methoxy groups -OCH3 is 1. The molecule has 0 aliphatic carbocycles. The van der Waals surface area contributed by atoms with Gasteiger partial charge in [-0.1, -0.05) is 47.5 Å². The Labute approximate surface area is 145 Å². The molecule has 2 aromatic carbocycles. The molecule has 0 radical (unpaired) electrons. The van der Waals surface area contributed by atoms with Crippen molar-refractivity contribution in [2.24, 2.45) is 0 Å². The molecule has 23 heavy (non-hydrogen) atoms. The van der Waals surface area contributed by atoms with Crippen LogP contribution in [-0.2, 0) is 11.2 Å². The van der Waals surface area contributed by atoms with Gasteiger partial charge in [0, 0.05) is 12.6 Å². The minimum atomic E-state index is -0.172. The quantitative estimate of drug-likeness (QED) is 0.786. The molecule has 0 saturated carbocycles. The third kappa shape index (κ3) is 5.31. The van der Waals surface area contributed by atoms with Gasteiger partial charge in [-0.25, -0.2) is 0 Å². The molecular weight excluding hydrogens is 333 g/mol. The predicted molar refractivity (Wildman–Crippen MR) is 95.2 cm³/mol. The van der Waals surface area contributed by atoms with Crippen LogP contribution in [-0.4, -0.2) is 19.6 Å². The van der Waals surface area contributed by atoms with Gasteiger partial charge in [-0.2, -0.15) is 0 Å². The molecule has 0 heterocycles. The molecule has 1 N–H and O–H groups in total. The van der Waals surface area contributed by atoms with Crippen LogP contribution in [0.3, 0.4) is 0 Å². The molecular formula is C18H17Cl2NO2. The smallest absolute Gasteiger partial charge is 0.244 e. The van der Waals surface area contributed by atoms with Crippen LogP contribution in [0.1, 0.15) is 11.1 Å². The van der Waals surface area contributed by atoms with E-state index in [1.54, 1.807) is 31.4 Å². The maximum atomic E-state index is 11.8. The van der Waals surface area contributed by atoms with E-state index in [4.69, 9.17) is 27.9 Å². The Balaban J connectivity index is 1.82. The monoisotopic (exact) mass is 349 g/mol. The van der Waals surface area contributed by atoms with Gasteiger partial charge in [0.2, 0.25) is 5.91 Å². The summed E-state index contributed by atoms with van der Waals surface area (Å²) in [5, 5.41) is 3.74. The van der Waals surface area contributed by atoms with E-state index >= 15 is 0 Å². The molecule has 0 saturated heterocycles. The topological polar surface area (TPSA) is 38.3 Å². The second-order valence-electron chi connectivity index (χ2n) is 4.87. The molecule has 0 spiro atoms. The average Bonchev–Trinajstić information content (AvgIpc) is 2.57. The van der Waals surface area contributed by atoms with Crippen LogP contribution < -0.4 is 10.1 Å². The van der Waals surface area contributed by atoms with Gasteiger partial charge in [-0.3, -0.25) is 4.79 Å². The lowest BCUT2D eigenvalue weighted by Gasteiger charge is -2.04. The van der Waals surface area contributed by atoms with Crippen LogP contribution in [0.2, 0.25) is 10.0 Å². The minimum Gasteiger partial charge on any atom is -0.497 e. The van der Waals surface area contributed by atoms with E-state index in [-0.39, 0.29) is 5.91 Å². The summed E-state index contributed by atoms with van der Waals surface area (Å²) in [7, 11) is 1.63. The van der Waals surface area contributed by atoms with Crippen molar-refractivity contribution in [3.8, 4) is 5.75 Å². The number of rotatable bonds is 6. The first-order valence-electron chi connectivity index (χ1n) is 7.13. The zero-order chi connectivity index (χ0) is 16.7. The Kier molecular flexibility index (Phi) is 6.51. The van der Waals surface area contributed by atoms with Crippen LogP contribution in [0.15, 0.2) is 48.5 Å². The van der Waals surface area contributed by atoms with Gasteiger partial charge in [-0.05, 0) is 41.8 Å². The summed E-state index contributed by atoms with van der Waals surface area (Å²) in [4.78, 5) is 11.8. The molecule has 3 nitrogen and oxygen atoms in total. The number of benzene rings is 2. The standard InChI is InChI=1S/C18H17Cl2NO2/c1-23-15-8-5-13(6-9-15)11-12-21-17(22)10-7-14-3-2-4-16(19)18(14)20/h2-10H,11-12H2,1H3,(H,21,22)/b10-7+. The SMILES string of the molecule is COc1ccc(CCNC(=O)/C=C/c2cccc(Cl)c2Cl)cc1. The van der Waals surface area contributed by atoms with Gasteiger partial charge in [0.25, 0.3) is 0 Å². The fourth-order valence-electron chi connectivity index (χ4n) is 2.00. The maximum Gasteiger partial charge on any atom is 0.244 e. The van der Waals surface area contributed by atoms with Crippen LogP contribution in [0, 0.1) is 0 Å². The van der Waals surface area contributed by atoms with Gasteiger partial charge >= 0.3 is 0 Å². The van der Waals surface area contributed by atoms with Crippen LogP contribution in [0.5, 0.6) is 5.75 Å². The number of ether oxygens (including phenoxy) is 1. The number of amides is 1. The molecule has 0 bridgehead atoms. The van der Waals surface area contributed by atoms with Crippen molar-refractivity contribution in [2.45, 2.75) is 6.42 Å². The lowest BCUT2D eigenvalue weighted by Crippen LogP contribution is -2.23. The number of carbonyl (C=O) groups is 1. The molecule has 0 aromatic heterocycles. The summed E-state index contributed by atoms with van der Waals surface area (Å²) < 4.78 is 5.10. The number of hydrogen-bond donors (Lipinski definition) is 1. The molecule has 0 aliphatic rings. The highest BCUT2D eigenvalue weighted by Crippen LogP contribution is 2.26. The van der Waals surface area contributed by atoms with E-state index in [0.717, 1.165) is 17.7 Å². The van der Waals surface area contributed by atoms with Crippen molar-refractivity contribution in [3.05, 3.63) is 69.7 Å². The van der Waals surface area contributed by atoms with Gasteiger partial charge < -0.3 is 10.1 Å². The lowest BCUT2D eigenvalue weighted by atomic mass is 10.1. The molecule has 0 aliphatic heterocycles. The summed E-state index contributed by atoms with van der Waals surface area (Å²) in [5.74, 6) is 0.647. The summed E-state index contributed by atoms with van der Waals surface area (Å²) in [5.41, 5.74) is 1.84. The normalized spacial score (nSPS) is 10.7. The maximum absolute atomic E-state index is 11.8. The highest BCUT2D eigenvalue weighted by Gasteiger charge is 2.02. The van der Waals surface area contributed by atoms with Crippen molar-refractivity contribution in [1.29, 1.82) is 0 Å². The first-order chi connectivity index (χ1) is 11.1. The zero-order valence-electron chi connectivity index (χ0n) is 12.7. The number of nitrogens with one attached hydrogen (secondary N) is 1. The largest absolute Gasteiger partial charge is 0.497 e. The lowest BCUT2D eigenvalue weighted by molar-refractivity contribution is -0.116. The Morgan fingerprint density at radius 3 is 2.61 bits per heavy atom. The van der Waals surface area contributed by atoms with Crippen molar-refractivity contribution in [1.82, 2.24) is 5.32 Å². The first-order valence-corrected chi connectivity index (χ1v) is 7.88. The Bertz CT molecular complexity index is 697. The first kappa shape index (κ1) is 17.4. The number of carbonyl (C=O) groups excluding carboxylic acids is 1. The molecule has 0 unspecified atom stereocenters. The number of hydrogen-bond acceptors (Lipinski definition) is 2. The van der Waals surface area contributed by atoms with E-state index in [1.165, 1.54) is 6.08 Å². The summed E-state index contributed by atoms with van der Waals surface area (Å²) >= 11 is 12.0. The molecule has 2 aromatic rings. The van der Waals surface area contributed by atoms with E-state index < -0.39 is 0 Å². The zero-order valence-corrected chi connectivity index (χ0v) is 14.2. The van der Waals surface area contributed by atoms with Crippen molar-refractivity contribution in [2.75, 3.05) is 13.7 Å². The molecule has 2 rings (SSSR count). The van der Waals surface area contributed by atoms with Crippen molar-refractivity contribution >= 4 is 35.2 Å². The van der Waals surface area contributed by atoms with Gasteiger partial charge in [-0.15, -0.1) is 0 Å².